The lowest BCUT2D eigenvalue weighted by atomic mass is 10.0. The zero-order chi connectivity index (χ0) is 12.2. The summed E-state index contributed by atoms with van der Waals surface area (Å²) in [6, 6.07) is 0. The molecule has 1 fully saturated rings. The minimum Gasteiger partial charge on any atom is -0.394 e. The third kappa shape index (κ3) is 4.01. The molecule has 3 atom stereocenters. The van der Waals surface area contributed by atoms with E-state index in [1.807, 2.05) is 0 Å². The molecule has 4 heteroatoms. The molecule has 16 heavy (non-hydrogen) atoms. The second-order valence-corrected chi connectivity index (χ2v) is 5.20. The summed E-state index contributed by atoms with van der Waals surface area (Å²) in [5, 5.41) is 12.8. The molecular formula is C12H26N2O2. The largest absolute Gasteiger partial charge is 0.394 e. The van der Waals surface area contributed by atoms with Gasteiger partial charge in [0.05, 0.1) is 24.4 Å². The fraction of sp³-hybridized carbons (Fsp3) is 1.00. The average molecular weight is 230 g/mol. The SMILES string of the molecule is CCNC(C)(CO)CN1C[C@@H](C)O[C@@H](C)C1. The number of aliphatic hydroxyl groups is 1. The molecule has 0 spiro atoms. The molecule has 1 aliphatic heterocycles. The van der Waals surface area contributed by atoms with Crippen LogP contribution in [-0.2, 0) is 4.74 Å². The van der Waals surface area contributed by atoms with Crippen LogP contribution in [0.5, 0.6) is 0 Å². The van der Waals surface area contributed by atoms with Gasteiger partial charge in [-0.3, -0.25) is 4.90 Å². The quantitative estimate of drug-likeness (QED) is 0.720. The van der Waals surface area contributed by atoms with E-state index in [0.29, 0.717) is 0 Å². The third-order valence-electron chi connectivity index (χ3n) is 3.02. The molecule has 0 aromatic heterocycles. The van der Waals surface area contributed by atoms with Gasteiger partial charge < -0.3 is 15.2 Å². The molecule has 2 N–H and O–H groups in total. The van der Waals surface area contributed by atoms with E-state index in [4.69, 9.17) is 4.74 Å². The monoisotopic (exact) mass is 230 g/mol. The second kappa shape index (κ2) is 5.96. The van der Waals surface area contributed by atoms with Crippen LogP contribution in [0.15, 0.2) is 0 Å². The second-order valence-electron chi connectivity index (χ2n) is 5.20. The number of likely N-dealkylation sites (N-methyl/N-ethyl adjacent to an activating group) is 1. The summed E-state index contributed by atoms with van der Waals surface area (Å²) in [7, 11) is 0. The number of rotatable bonds is 5. The Morgan fingerprint density at radius 2 is 1.94 bits per heavy atom. The van der Waals surface area contributed by atoms with Crippen LogP contribution >= 0.6 is 0 Å². The molecule has 0 aromatic rings. The van der Waals surface area contributed by atoms with Crippen molar-refractivity contribution < 1.29 is 9.84 Å². The molecule has 4 nitrogen and oxygen atoms in total. The van der Waals surface area contributed by atoms with Crippen LogP contribution < -0.4 is 5.32 Å². The number of hydrogen-bond acceptors (Lipinski definition) is 4. The van der Waals surface area contributed by atoms with Gasteiger partial charge in [0.2, 0.25) is 0 Å². The van der Waals surface area contributed by atoms with Crippen LogP contribution in [0.25, 0.3) is 0 Å². The maximum absolute atomic E-state index is 9.46. The minimum absolute atomic E-state index is 0.168. The molecule has 0 bridgehead atoms. The maximum atomic E-state index is 9.46. The Morgan fingerprint density at radius 1 is 1.38 bits per heavy atom. The molecular weight excluding hydrogens is 204 g/mol. The van der Waals surface area contributed by atoms with E-state index in [0.717, 1.165) is 26.2 Å². The van der Waals surface area contributed by atoms with Crippen LogP contribution in [0, 0.1) is 0 Å². The lowest BCUT2D eigenvalue weighted by molar-refractivity contribution is -0.0756. The van der Waals surface area contributed by atoms with Crippen LogP contribution in [0.1, 0.15) is 27.7 Å². The van der Waals surface area contributed by atoms with Crippen molar-refractivity contribution in [1.29, 1.82) is 0 Å². The molecule has 1 unspecified atom stereocenters. The highest BCUT2D eigenvalue weighted by atomic mass is 16.5. The third-order valence-corrected chi connectivity index (χ3v) is 3.02. The fourth-order valence-corrected chi connectivity index (χ4v) is 2.50. The zero-order valence-corrected chi connectivity index (χ0v) is 11.0. The Bertz CT molecular complexity index is 203. The van der Waals surface area contributed by atoms with Crippen molar-refractivity contribution in [1.82, 2.24) is 10.2 Å². The van der Waals surface area contributed by atoms with Gasteiger partial charge in [0.15, 0.2) is 0 Å². The van der Waals surface area contributed by atoms with Gasteiger partial charge in [0, 0.05) is 19.6 Å². The zero-order valence-electron chi connectivity index (χ0n) is 11.0. The van der Waals surface area contributed by atoms with E-state index in [2.05, 4.69) is 37.9 Å². The topological polar surface area (TPSA) is 44.7 Å². The summed E-state index contributed by atoms with van der Waals surface area (Å²) in [5.41, 5.74) is -0.203. The Labute approximate surface area is 99.0 Å². The summed E-state index contributed by atoms with van der Waals surface area (Å²) in [6.45, 7) is 12.2. The van der Waals surface area contributed by atoms with Crippen LogP contribution in [0.3, 0.4) is 0 Å². The molecule has 0 radical (unpaired) electrons. The number of nitrogens with zero attached hydrogens (tertiary/aromatic N) is 1. The molecule has 96 valence electrons. The van der Waals surface area contributed by atoms with Crippen LogP contribution in [0.4, 0.5) is 0 Å². The number of hydrogen-bond donors (Lipinski definition) is 2. The van der Waals surface area contributed by atoms with E-state index < -0.39 is 0 Å². The van der Waals surface area contributed by atoms with Gasteiger partial charge in [-0.2, -0.15) is 0 Å². The van der Waals surface area contributed by atoms with Gasteiger partial charge in [-0.15, -0.1) is 0 Å². The van der Waals surface area contributed by atoms with Crippen molar-refractivity contribution in [3.05, 3.63) is 0 Å². The average Bonchev–Trinajstić information content (AvgIpc) is 2.16. The van der Waals surface area contributed by atoms with Crippen molar-refractivity contribution in [2.24, 2.45) is 0 Å². The fourth-order valence-electron chi connectivity index (χ4n) is 2.50. The minimum atomic E-state index is -0.203. The lowest BCUT2D eigenvalue weighted by Gasteiger charge is -2.40. The normalized spacial score (nSPS) is 31.3. The van der Waals surface area contributed by atoms with Crippen molar-refractivity contribution in [3.63, 3.8) is 0 Å². The van der Waals surface area contributed by atoms with Crippen molar-refractivity contribution in [3.8, 4) is 0 Å². The van der Waals surface area contributed by atoms with E-state index in [-0.39, 0.29) is 24.4 Å². The molecule has 0 amide bonds. The first-order valence-corrected chi connectivity index (χ1v) is 6.23. The predicted molar refractivity (Wildman–Crippen MR) is 65.6 cm³/mol. The first kappa shape index (κ1) is 13.9. The van der Waals surface area contributed by atoms with Gasteiger partial charge in [0.25, 0.3) is 0 Å². The molecule has 0 aliphatic carbocycles. The molecule has 0 aromatic carbocycles. The van der Waals surface area contributed by atoms with Crippen molar-refractivity contribution >= 4 is 0 Å². The maximum Gasteiger partial charge on any atom is 0.0678 e. The highest BCUT2D eigenvalue weighted by Crippen LogP contribution is 2.14. The van der Waals surface area contributed by atoms with Gasteiger partial charge in [-0.05, 0) is 27.3 Å². The van der Waals surface area contributed by atoms with Crippen molar-refractivity contribution in [2.75, 3.05) is 32.8 Å². The molecule has 1 heterocycles. The molecule has 1 saturated heterocycles. The van der Waals surface area contributed by atoms with E-state index in [9.17, 15) is 5.11 Å². The standard InChI is InChI=1S/C12H26N2O2/c1-5-13-12(4,9-15)8-14-6-10(2)16-11(3)7-14/h10-11,13,15H,5-9H2,1-4H3/t10-,11+,12?. The number of nitrogens with one attached hydrogen (secondary N) is 1. The highest BCUT2D eigenvalue weighted by Gasteiger charge is 2.29. The van der Waals surface area contributed by atoms with E-state index >= 15 is 0 Å². The van der Waals surface area contributed by atoms with Gasteiger partial charge >= 0.3 is 0 Å². The van der Waals surface area contributed by atoms with E-state index in [1.165, 1.54) is 0 Å². The first-order valence-electron chi connectivity index (χ1n) is 6.23. The summed E-state index contributed by atoms with van der Waals surface area (Å²) >= 11 is 0. The smallest absolute Gasteiger partial charge is 0.0678 e. The van der Waals surface area contributed by atoms with Crippen LogP contribution in [0.2, 0.25) is 0 Å². The number of ether oxygens (including phenoxy) is 1. The van der Waals surface area contributed by atoms with E-state index in [1.54, 1.807) is 0 Å². The summed E-state index contributed by atoms with van der Waals surface area (Å²) in [6.07, 6.45) is 0.571. The summed E-state index contributed by atoms with van der Waals surface area (Å²) in [4.78, 5) is 2.37. The lowest BCUT2D eigenvalue weighted by Crippen LogP contribution is -2.57. The molecule has 0 saturated carbocycles. The summed E-state index contributed by atoms with van der Waals surface area (Å²) < 4.78 is 5.70. The number of aliphatic hydroxyl groups excluding tert-OH is 1. The van der Waals surface area contributed by atoms with Gasteiger partial charge in [-0.1, -0.05) is 6.92 Å². The molecule has 1 rings (SSSR count). The Balaban J connectivity index is 2.50. The van der Waals surface area contributed by atoms with Gasteiger partial charge in [-0.25, -0.2) is 0 Å². The Kier molecular flexibility index (Phi) is 5.18. The Hall–Kier alpha value is -0.160. The number of morpholine rings is 1. The van der Waals surface area contributed by atoms with Gasteiger partial charge in [0.1, 0.15) is 0 Å². The first-order chi connectivity index (χ1) is 7.49. The van der Waals surface area contributed by atoms with Crippen molar-refractivity contribution in [2.45, 2.75) is 45.4 Å². The predicted octanol–water partition coefficient (Wildman–Crippen LogP) is 0.456. The van der Waals surface area contributed by atoms with Crippen LogP contribution in [-0.4, -0.2) is 60.5 Å². The Morgan fingerprint density at radius 3 is 2.38 bits per heavy atom. The highest BCUT2D eigenvalue weighted by molar-refractivity contribution is 4.88. The molecule has 1 aliphatic rings. The summed E-state index contributed by atoms with van der Waals surface area (Å²) in [5.74, 6) is 0.